The molecule has 15 nitrogen and oxygen atoms in total. The number of sulfone groups is 1. The predicted octanol–water partition coefficient (Wildman–Crippen LogP) is 7.04. The molecule has 0 aliphatic carbocycles. The Morgan fingerprint density at radius 3 is 2.28 bits per heavy atom. The van der Waals surface area contributed by atoms with Crippen LogP contribution in [0.3, 0.4) is 0 Å². The molecule has 68 heavy (non-hydrogen) atoms. The second-order valence-corrected chi connectivity index (χ2v) is 19.3. The second-order valence-electron chi connectivity index (χ2n) is 17.3. The number of anilines is 1. The normalized spacial score (nSPS) is 16.5. The molecule has 0 bridgehead atoms. The Morgan fingerprint density at radius 1 is 0.765 bits per heavy atom. The van der Waals surface area contributed by atoms with Gasteiger partial charge in [-0.2, -0.15) is 0 Å². The van der Waals surface area contributed by atoms with Gasteiger partial charge >= 0.3 is 0 Å². The average molecular weight is 932 g/mol. The van der Waals surface area contributed by atoms with Crippen LogP contribution >= 0.6 is 0 Å². The minimum atomic E-state index is -3.36. The van der Waals surface area contributed by atoms with Crippen molar-refractivity contribution in [1.82, 2.24) is 30.1 Å². The zero-order valence-electron chi connectivity index (χ0n) is 37.4. The molecule has 0 spiro atoms. The van der Waals surface area contributed by atoms with E-state index in [1.54, 1.807) is 33.8 Å². The van der Waals surface area contributed by atoms with Crippen LogP contribution in [-0.4, -0.2) is 96.0 Å². The number of benzene rings is 6. The number of rotatable bonds is 15. The van der Waals surface area contributed by atoms with Crippen LogP contribution < -0.4 is 24.4 Å². The first-order valence-corrected chi connectivity index (χ1v) is 24.5. The summed E-state index contributed by atoms with van der Waals surface area (Å²) >= 11 is 0. The van der Waals surface area contributed by atoms with Crippen molar-refractivity contribution in [3.05, 3.63) is 156 Å². The van der Waals surface area contributed by atoms with Crippen molar-refractivity contribution in [1.29, 1.82) is 0 Å². The highest BCUT2D eigenvalue weighted by atomic mass is 32.2. The predicted molar refractivity (Wildman–Crippen MR) is 255 cm³/mol. The van der Waals surface area contributed by atoms with Crippen molar-refractivity contribution in [2.45, 2.75) is 50.0 Å². The Labute approximate surface area is 393 Å². The monoisotopic (exact) mass is 931 g/mol. The number of nitrogens with zero attached hydrogens (tertiary/aromatic N) is 6. The number of imide groups is 1. The summed E-state index contributed by atoms with van der Waals surface area (Å²) in [5, 5.41) is 12.9. The van der Waals surface area contributed by atoms with Gasteiger partial charge in [-0.25, -0.2) is 13.1 Å². The number of nitrogens with one attached hydrogen (secondary N) is 1. The van der Waals surface area contributed by atoms with Crippen LogP contribution in [0.4, 0.5) is 5.69 Å². The summed E-state index contributed by atoms with van der Waals surface area (Å²) in [7, 11) is -3.36. The molecule has 2 fully saturated rings. The summed E-state index contributed by atoms with van der Waals surface area (Å²) < 4.78 is 45.1. The third kappa shape index (κ3) is 9.78. The van der Waals surface area contributed by atoms with E-state index < -0.39 is 21.8 Å². The van der Waals surface area contributed by atoms with Crippen LogP contribution in [-0.2, 0) is 45.7 Å². The van der Waals surface area contributed by atoms with E-state index in [1.807, 2.05) is 103 Å². The summed E-state index contributed by atoms with van der Waals surface area (Å²) in [6.45, 7) is 5.64. The molecule has 1 N–H and O–H groups in total. The number of hydrogen-bond donors (Lipinski definition) is 1. The molecule has 1 unspecified atom stereocenters. The van der Waals surface area contributed by atoms with E-state index in [1.165, 1.54) is 6.26 Å². The van der Waals surface area contributed by atoms with Gasteiger partial charge in [0.2, 0.25) is 11.8 Å². The number of amides is 3. The van der Waals surface area contributed by atoms with Crippen molar-refractivity contribution in [3.8, 4) is 34.1 Å². The maximum absolute atomic E-state index is 13.2. The van der Waals surface area contributed by atoms with Crippen LogP contribution in [0.1, 0.15) is 40.0 Å². The van der Waals surface area contributed by atoms with Gasteiger partial charge in [-0.15, -0.1) is 5.10 Å². The Balaban J connectivity index is 0.730. The smallest absolute Gasteiger partial charge is 0.255 e. The van der Waals surface area contributed by atoms with Crippen molar-refractivity contribution in [2.75, 3.05) is 43.9 Å². The number of piperazine rings is 1. The Hall–Kier alpha value is -7.56. The summed E-state index contributed by atoms with van der Waals surface area (Å²) in [6, 6.07) is 39.4. The van der Waals surface area contributed by atoms with E-state index in [0.717, 1.165) is 76.3 Å². The Morgan fingerprint density at radius 2 is 1.51 bits per heavy atom. The fraction of sp³-hybridized carbons (Fsp3) is 0.250. The standard InChI is InChI=1S/C52H49N7O8S/c1-68(63,64)44-16-7-36(8-17-44)45-18-9-37-30-43(66-34-35-5-3-2-4-6-35)15-20-46(37)50(45)67-42-13-11-41(12-14-42)65-28-27-58-33-39(54-55-58)32-56-23-25-57(26-24-56)40-10-19-47-38(29-40)31-59(52(47)62)48-21-22-49(60)53-51(48)61/h2-20,29-30,33,48H,21-28,31-32,34H2,1H3,(H,53,60,61). The molecular weight excluding hydrogens is 883 g/mol. The maximum atomic E-state index is 13.2. The molecule has 346 valence electrons. The number of fused-ring (bicyclic) bond motifs is 2. The highest BCUT2D eigenvalue weighted by Crippen LogP contribution is 2.41. The van der Waals surface area contributed by atoms with E-state index in [-0.39, 0.29) is 23.1 Å². The SMILES string of the molecule is CS(=O)(=O)c1ccc(-c2ccc3cc(OCc4ccccc4)ccc3c2Oc2ccc(OCCn3cc(CN4CCN(c5ccc6c(c5)CN(C5CCC(=O)NC5=O)C6=O)CC4)nn3)cc2)cc1. The molecule has 10 rings (SSSR count). The minimum absolute atomic E-state index is 0.167. The third-order valence-electron chi connectivity index (χ3n) is 12.6. The maximum Gasteiger partial charge on any atom is 0.255 e. The highest BCUT2D eigenvalue weighted by Gasteiger charge is 2.39. The Bertz CT molecular complexity index is 3120. The fourth-order valence-electron chi connectivity index (χ4n) is 8.98. The summed E-state index contributed by atoms with van der Waals surface area (Å²) in [4.78, 5) is 43.8. The molecule has 3 aliphatic rings. The van der Waals surface area contributed by atoms with Gasteiger partial charge in [0.1, 0.15) is 42.3 Å². The topological polar surface area (TPSA) is 166 Å². The molecule has 4 heterocycles. The molecule has 1 atom stereocenters. The zero-order valence-corrected chi connectivity index (χ0v) is 38.2. The van der Waals surface area contributed by atoms with Gasteiger partial charge in [0.15, 0.2) is 9.84 Å². The molecule has 16 heteroatoms. The van der Waals surface area contributed by atoms with Gasteiger partial charge < -0.3 is 24.0 Å². The number of aromatic nitrogens is 3. The Kier molecular flexibility index (Phi) is 12.4. The van der Waals surface area contributed by atoms with Gasteiger partial charge in [-0.1, -0.05) is 53.7 Å². The molecule has 0 radical (unpaired) electrons. The first kappa shape index (κ1) is 44.3. The molecule has 1 aromatic heterocycles. The number of ether oxygens (including phenoxy) is 3. The van der Waals surface area contributed by atoms with Crippen molar-refractivity contribution in [3.63, 3.8) is 0 Å². The van der Waals surface area contributed by atoms with E-state index in [9.17, 15) is 22.8 Å². The average Bonchev–Trinajstić information content (AvgIpc) is 3.94. The van der Waals surface area contributed by atoms with Gasteiger partial charge in [-0.3, -0.25) is 24.6 Å². The van der Waals surface area contributed by atoms with Gasteiger partial charge in [0, 0.05) is 80.3 Å². The summed E-state index contributed by atoms with van der Waals surface area (Å²) in [5.74, 6) is 1.76. The van der Waals surface area contributed by atoms with E-state index in [2.05, 4.69) is 31.5 Å². The third-order valence-corrected chi connectivity index (χ3v) is 13.8. The molecule has 3 aliphatic heterocycles. The highest BCUT2D eigenvalue weighted by molar-refractivity contribution is 7.90. The molecule has 0 saturated carbocycles. The lowest BCUT2D eigenvalue weighted by atomic mass is 9.99. The van der Waals surface area contributed by atoms with Crippen molar-refractivity contribution in [2.24, 2.45) is 0 Å². The first-order valence-electron chi connectivity index (χ1n) is 22.6. The quantitative estimate of drug-likeness (QED) is 0.105. The largest absolute Gasteiger partial charge is 0.492 e. The van der Waals surface area contributed by atoms with Gasteiger partial charge in [0.05, 0.1) is 17.1 Å². The van der Waals surface area contributed by atoms with Crippen LogP contribution in [0.2, 0.25) is 0 Å². The van der Waals surface area contributed by atoms with Crippen LogP contribution in [0.15, 0.2) is 138 Å². The zero-order chi connectivity index (χ0) is 46.8. The number of carbonyl (C=O) groups is 3. The molecule has 7 aromatic rings. The van der Waals surface area contributed by atoms with Crippen LogP contribution in [0.5, 0.6) is 23.0 Å². The number of hydrogen-bond acceptors (Lipinski definition) is 12. The van der Waals surface area contributed by atoms with Crippen molar-refractivity contribution >= 4 is 44.0 Å². The van der Waals surface area contributed by atoms with Crippen molar-refractivity contribution < 1.29 is 37.0 Å². The van der Waals surface area contributed by atoms with E-state index >= 15 is 0 Å². The molecule has 3 amide bonds. The van der Waals surface area contributed by atoms with E-state index in [0.29, 0.717) is 62.1 Å². The molecular formula is C52H49N7O8S. The number of piperidine rings is 1. The van der Waals surface area contributed by atoms with Gasteiger partial charge in [-0.05, 0) is 107 Å². The van der Waals surface area contributed by atoms with E-state index in [4.69, 9.17) is 14.2 Å². The first-order chi connectivity index (χ1) is 33.0. The molecule has 6 aromatic carbocycles. The van der Waals surface area contributed by atoms with Crippen LogP contribution in [0.25, 0.3) is 21.9 Å². The van der Waals surface area contributed by atoms with Crippen LogP contribution in [0, 0.1) is 0 Å². The number of carbonyl (C=O) groups excluding carboxylic acids is 3. The lowest BCUT2D eigenvalue weighted by Gasteiger charge is -2.35. The lowest BCUT2D eigenvalue weighted by molar-refractivity contribution is -0.136. The lowest BCUT2D eigenvalue weighted by Crippen LogP contribution is -2.52. The fourth-order valence-corrected chi connectivity index (χ4v) is 9.61. The second kappa shape index (κ2) is 19.0. The van der Waals surface area contributed by atoms with Gasteiger partial charge in [0.25, 0.3) is 5.91 Å². The summed E-state index contributed by atoms with van der Waals surface area (Å²) in [5.41, 5.74) is 6.12. The molecule has 2 saturated heterocycles. The summed E-state index contributed by atoms with van der Waals surface area (Å²) in [6.07, 6.45) is 3.72. The minimum Gasteiger partial charge on any atom is -0.492 e.